The molecule has 0 bridgehead atoms. The summed E-state index contributed by atoms with van der Waals surface area (Å²) in [6.07, 6.45) is 0. The van der Waals surface area contributed by atoms with Gasteiger partial charge in [-0.25, -0.2) is 4.79 Å². The number of ether oxygens (including phenoxy) is 1. The van der Waals surface area contributed by atoms with Crippen LogP contribution >= 0.6 is 11.3 Å². The second kappa shape index (κ2) is 11.6. The molecule has 3 rings (SSSR count). The minimum atomic E-state index is -0.566. The van der Waals surface area contributed by atoms with Crippen LogP contribution in [0.4, 0.5) is 5.00 Å². The largest absolute Gasteiger partial charge is 0.462 e. The molecule has 1 heterocycles. The van der Waals surface area contributed by atoms with Crippen LogP contribution < -0.4 is 10.6 Å². The van der Waals surface area contributed by atoms with E-state index >= 15 is 0 Å². The Hall–Kier alpha value is -3.49. The van der Waals surface area contributed by atoms with E-state index in [-0.39, 0.29) is 36.6 Å². The second-order valence-electron chi connectivity index (χ2n) is 7.86. The van der Waals surface area contributed by atoms with E-state index < -0.39 is 5.97 Å². The monoisotopic (exact) mass is 479 g/mol. The zero-order valence-corrected chi connectivity index (χ0v) is 20.6. The molecule has 0 aliphatic heterocycles. The van der Waals surface area contributed by atoms with Crippen LogP contribution in [0.2, 0.25) is 0 Å². The summed E-state index contributed by atoms with van der Waals surface area (Å²) in [4.78, 5) is 39.9. The fraction of sp³-hybridized carbons (Fsp3) is 0.269. The third-order valence-electron chi connectivity index (χ3n) is 5.21. The van der Waals surface area contributed by atoms with Crippen LogP contribution in [0, 0.1) is 6.92 Å². The van der Waals surface area contributed by atoms with E-state index in [1.165, 1.54) is 4.90 Å². The number of thiophene rings is 1. The van der Waals surface area contributed by atoms with Gasteiger partial charge in [0.1, 0.15) is 5.00 Å². The fourth-order valence-electron chi connectivity index (χ4n) is 3.54. The van der Waals surface area contributed by atoms with E-state index in [1.54, 1.807) is 27.9 Å². The minimum Gasteiger partial charge on any atom is -0.462 e. The average molecular weight is 480 g/mol. The Labute approximate surface area is 203 Å². The first kappa shape index (κ1) is 25.1. The molecule has 0 aliphatic carbocycles. The summed E-state index contributed by atoms with van der Waals surface area (Å²) in [5.41, 5.74) is 2.77. The van der Waals surface area contributed by atoms with Crippen LogP contribution in [-0.4, -0.2) is 49.9 Å². The highest BCUT2D eigenvalue weighted by Gasteiger charge is 2.27. The molecular weight excluding hydrogens is 450 g/mol. The summed E-state index contributed by atoms with van der Waals surface area (Å²) in [7, 11) is 3.28. The maximum Gasteiger partial charge on any atom is 0.341 e. The molecule has 0 radical (unpaired) electrons. The van der Waals surface area contributed by atoms with Crippen LogP contribution in [-0.2, 0) is 9.53 Å². The Bertz CT molecular complexity index is 1100. The number of hydrogen-bond acceptors (Lipinski definition) is 6. The molecule has 0 saturated carbocycles. The maximum atomic E-state index is 12.9. The van der Waals surface area contributed by atoms with E-state index in [1.807, 2.05) is 60.7 Å². The highest BCUT2D eigenvalue weighted by Crippen LogP contribution is 2.34. The second-order valence-corrected chi connectivity index (χ2v) is 8.88. The predicted octanol–water partition coefficient (Wildman–Crippen LogP) is 4.25. The van der Waals surface area contributed by atoms with Crippen molar-refractivity contribution >= 4 is 34.1 Å². The van der Waals surface area contributed by atoms with Crippen molar-refractivity contribution in [2.45, 2.75) is 19.9 Å². The number of benzene rings is 2. The Morgan fingerprint density at radius 2 is 1.53 bits per heavy atom. The third kappa shape index (κ3) is 5.89. The van der Waals surface area contributed by atoms with Gasteiger partial charge in [-0.3, -0.25) is 14.9 Å². The number of esters is 1. The van der Waals surface area contributed by atoms with Crippen molar-refractivity contribution in [1.82, 2.24) is 10.2 Å². The van der Waals surface area contributed by atoms with Crippen molar-refractivity contribution in [2.24, 2.45) is 0 Å². The molecule has 0 aliphatic rings. The Balaban J connectivity index is 1.82. The number of amides is 2. The first-order valence-electron chi connectivity index (χ1n) is 11.0. The zero-order chi connectivity index (χ0) is 24.7. The van der Waals surface area contributed by atoms with Crippen molar-refractivity contribution in [3.8, 4) is 0 Å². The lowest BCUT2D eigenvalue weighted by Crippen LogP contribution is -2.32. The average Bonchev–Trinajstić information content (AvgIpc) is 3.15. The highest BCUT2D eigenvalue weighted by molar-refractivity contribution is 7.18. The summed E-state index contributed by atoms with van der Waals surface area (Å²) in [5.74, 6) is -1.13. The Morgan fingerprint density at radius 1 is 0.971 bits per heavy atom. The smallest absolute Gasteiger partial charge is 0.341 e. The molecule has 34 heavy (non-hydrogen) atoms. The molecule has 0 unspecified atom stereocenters. The summed E-state index contributed by atoms with van der Waals surface area (Å²) < 4.78 is 5.17. The van der Waals surface area contributed by atoms with Crippen molar-refractivity contribution < 1.29 is 19.1 Å². The lowest BCUT2D eigenvalue weighted by Gasteiger charge is -2.19. The molecule has 2 aromatic carbocycles. The molecule has 0 spiro atoms. The Morgan fingerprint density at radius 3 is 2.03 bits per heavy atom. The number of anilines is 1. The van der Waals surface area contributed by atoms with Gasteiger partial charge < -0.3 is 15.0 Å². The summed E-state index contributed by atoms with van der Waals surface area (Å²) >= 11 is 1.08. The number of nitrogens with one attached hydrogen (secondary N) is 2. The van der Waals surface area contributed by atoms with Crippen molar-refractivity contribution in [1.29, 1.82) is 0 Å². The maximum absolute atomic E-state index is 12.9. The van der Waals surface area contributed by atoms with Crippen molar-refractivity contribution in [2.75, 3.05) is 32.6 Å². The number of rotatable bonds is 9. The summed E-state index contributed by atoms with van der Waals surface area (Å²) in [6, 6.07) is 19.5. The van der Waals surface area contributed by atoms with E-state index in [0.29, 0.717) is 15.4 Å². The van der Waals surface area contributed by atoms with E-state index in [2.05, 4.69) is 10.6 Å². The lowest BCUT2D eigenvalue weighted by molar-refractivity contribution is -0.115. The summed E-state index contributed by atoms with van der Waals surface area (Å²) in [6.45, 7) is 3.59. The third-order valence-corrected chi connectivity index (χ3v) is 6.41. The minimum absolute atomic E-state index is 0.00459. The SMILES string of the molecule is CCOC(=O)c1c(NC(=O)CNC(c2ccccc2)c2ccccc2)sc(C(=O)N(C)C)c1C. The van der Waals surface area contributed by atoms with Gasteiger partial charge in [0.25, 0.3) is 5.91 Å². The van der Waals surface area contributed by atoms with E-state index in [0.717, 1.165) is 22.5 Å². The molecule has 0 saturated heterocycles. The normalized spacial score (nSPS) is 10.7. The van der Waals surface area contributed by atoms with Gasteiger partial charge >= 0.3 is 5.97 Å². The molecule has 3 aromatic rings. The van der Waals surface area contributed by atoms with E-state index in [9.17, 15) is 14.4 Å². The molecule has 178 valence electrons. The molecule has 7 nitrogen and oxygen atoms in total. The molecule has 0 fully saturated rings. The van der Waals surface area contributed by atoms with Crippen LogP contribution in [0.1, 0.15) is 49.7 Å². The summed E-state index contributed by atoms with van der Waals surface area (Å²) in [5, 5.41) is 6.43. The quantitative estimate of drug-likeness (QED) is 0.448. The number of nitrogens with zero attached hydrogens (tertiary/aromatic N) is 1. The standard InChI is InChI=1S/C26H29N3O4S/c1-5-33-26(32)21-17(2)23(25(31)29(3)4)34-24(21)28-20(30)16-27-22(18-12-8-6-9-13-18)19-14-10-7-11-15-19/h6-15,22,27H,5,16H2,1-4H3,(H,28,30). The first-order valence-corrected chi connectivity index (χ1v) is 11.8. The van der Waals surface area contributed by atoms with E-state index in [4.69, 9.17) is 4.74 Å². The zero-order valence-electron chi connectivity index (χ0n) is 19.8. The number of carbonyl (C=O) groups is 3. The van der Waals surface area contributed by atoms with Crippen LogP contribution in [0.15, 0.2) is 60.7 Å². The predicted molar refractivity (Wildman–Crippen MR) is 134 cm³/mol. The Kier molecular flexibility index (Phi) is 8.56. The van der Waals surface area contributed by atoms with Crippen LogP contribution in [0.25, 0.3) is 0 Å². The molecule has 2 amide bonds. The van der Waals surface area contributed by atoms with Crippen LogP contribution in [0.5, 0.6) is 0 Å². The van der Waals surface area contributed by atoms with Gasteiger partial charge in [0.2, 0.25) is 5.91 Å². The van der Waals surface area contributed by atoms with Gasteiger partial charge in [-0.2, -0.15) is 0 Å². The topological polar surface area (TPSA) is 87.7 Å². The van der Waals surface area contributed by atoms with Crippen molar-refractivity contribution in [3.63, 3.8) is 0 Å². The van der Waals surface area contributed by atoms with Crippen molar-refractivity contribution in [3.05, 3.63) is 87.8 Å². The van der Waals surface area contributed by atoms with Gasteiger partial charge in [0, 0.05) is 14.1 Å². The van der Waals surface area contributed by atoms with Gasteiger partial charge in [-0.1, -0.05) is 60.7 Å². The molecule has 8 heteroatoms. The molecule has 1 aromatic heterocycles. The molecule has 0 atom stereocenters. The lowest BCUT2D eigenvalue weighted by atomic mass is 9.99. The molecule has 2 N–H and O–H groups in total. The van der Waals surface area contributed by atoms with Crippen LogP contribution in [0.3, 0.4) is 0 Å². The number of carbonyl (C=O) groups excluding carboxylic acids is 3. The fourth-order valence-corrected chi connectivity index (χ4v) is 4.77. The van der Waals surface area contributed by atoms with Gasteiger partial charge in [-0.15, -0.1) is 11.3 Å². The van der Waals surface area contributed by atoms with Gasteiger partial charge in [0.15, 0.2) is 0 Å². The molecular formula is C26H29N3O4S. The first-order chi connectivity index (χ1) is 16.3. The van der Waals surface area contributed by atoms with Gasteiger partial charge in [-0.05, 0) is 30.5 Å². The highest BCUT2D eigenvalue weighted by atomic mass is 32.1. The van der Waals surface area contributed by atoms with Gasteiger partial charge in [0.05, 0.1) is 29.6 Å². The number of hydrogen-bond donors (Lipinski definition) is 2.